The van der Waals surface area contributed by atoms with Crippen LogP contribution in [0.15, 0.2) is 23.2 Å². The fourth-order valence-corrected chi connectivity index (χ4v) is 4.13. The van der Waals surface area contributed by atoms with E-state index in [-0.39, 0.29) is 11.4 Å². The van der Waals surface area contributed by atoms with E-state index < -0.39 is 15.6 Å². The summed E-state index contributed by atoms with van der Waals surface area (Å²) in [6.45, 7) is 4.70. The van der Waals surface area contributed by atoms with Gasteiger partial charge in [0.05, 0.1) is 5.60 Å². The van der Waals surface area contributed by atoms with Crippen molar-refractivity contribution in [3.63, 3.8) is 0 Å². The van der Waals surface area contributed by atoms with E-state index in [1.54, 1.807) is 25.3 Å². The second-order valence-electron chi connectivity index (χ2n) is 5.32. The van der Waals surface area contributed by atoms with Crippen LogP contribution in [-0.2, 0) is 10.0 Å². The lowest BCUT2D eigenvalue weighted by molar-refractivity contribution is 0.00940. The molecule has 0 radical (unpaired) electrons. The van der Waals surface area contributed by atoms with Crippen molar-refractivity contribution in [2.24, 2.45) is 0 Å². The number of rotatable bonds is 4. The molecule has 7 heteroatoms. The number of β-amino-alcohol motifs (C(OH)–C–C–N with tert-alkyl or cyclic N) is 1. The average Bonchev–Trinajstić information content (AvgIpc) is 2.38. The first-order chi connectivity index (χ1) is 9.37. The molecule has 1 aliphatic heterocycles. The molecule has 6 nitrogen and oxygen atoms in total. The van der Waals surface area contributed by atoms with E-state index in [4.69, 9.17) is 0 Å². The minimum absolute atomic E-state index is 0.121. The minimum atomic E-state index is -3.64. The predicted octanol–water partition coefficient (Wildman–Crippen LogP) is 1.05. The SMILES string of the molecule is CCNc1ncccc1S(=O)(=O)N1CCCC(C)(O)C1. The van der Waals surface area contributed by atoms with E-state index >= 15 is 0 Å². The Morgan fingerprint density at radius 1 is 1.55 bits per heavy atom. The highest BCUT2D eigenvalue weighted by Gasteiger charge is 2.36. The Balaban J connectivity index is 2.35. The van der Waals surface area contributed by atoms with Crippen LogP contribution >= 0.6 is 0 Å². The molecule has 1 saturated heterocycles. The van der Waals surface area contributed by atoms with E-state index in [0.717, 1.165) is 0 Å². The van der Waals surface area contributed by atoms with Crippen LogP contribution in [0.1, 0.15) is 26.7 Å². The molecule has 112 valence electrons. The average molecular weight is 299 g/mol. The van der Waals surface area contributed by atoms with Gasteiger partial charge in [0, 0.05) is 25.8 Å². The van der Waals surface area contributed by atoms with Crippen molar-refractivity contribution >= 4 is 15.8 Å². The standard InChI is InChI=1S/C13H21N3O3S/c1-3-14-12-11(6-4-8-15-12)20(18,19)16-9-5-7-13(2,17)10-16/h4,6,8,17H,3,5,7,9-10H2,1-2H3,(H,14,15). The zero-order chi connectivity index (χ0) is 14.8. The van der Waals surface area contributed by atoms with Crippen LogP contribution in [0.4, 0.5) is 5.82 Å². The molecule has 1 fully saturated rings. The highest BCUT2D eigenvalue weighted by atomic mass is 32.2. The van der Waals surface area contributed by atoms with Gasteiger partial charge in [-0.25, -0.2) is 13.4 Å². The van der Waals surface area contributed by atoms with Crippen molar-refractivity contribution in [2.75, 3.05) is 25.0 Å². The molecule has 0 bridgehead atoms. The highest BCUT2D eigenvalue weighted by Crippen LogP contribution is 2.28. The molecule has 0 amide bonds. The summed E-state index contributed by atoms with van der Waals surface area (Å²) in [5.41, 5.74) is -0.966. The maximum Gasteiger partial charge on any atom is 0.246 e. The maximum atomic E-state index is 12.7. The number of piperidine rings is 1. The fourth-order valence-electron chi connectivity index (χ4n) is 2.42. The van der Waals surface area contributed by atoms with Crippen molar-refractivity contribution in [3.8, 4) is 0 Å². The van der Waals surface area contributed by atoms with Crippen LogP contribution in [0.3, 0.4) is 0 Å². The summed E-state index contributed by atoms with van der Waals surface area (Å²) in [6.07, 6.45) is 2.83. The summed E-state index contributed by atoms with van der Waals surface area (Å²) in [4.78, 5) is 4.25. The number of aromatic nitrogens is 1. The quantitative estimate of drug-likeness (QED) is 0.868. The third-order valence-corrected chi connectivity index (χ3v) is 5.25. The monoisotopic (exact) mass is 299 g/mol. The normalized spacial score (nSPS) is 24.6. The predicted molar refractivity (Wildman–Crippen MR) is 77.0 cm³/mol. The van der Waals surface area contributed by atoms with Gasteiger partial charge >= 0.3 is 0 Å². The van der Waals surface area contributed by atoms with E-state index in [9.17, 15) is 13.5 Å². The number of pyridine rings is 1. The summed E-state index contributed by atoms with van der Waals surface area (Å²) in [6, 6.07) is 3.15. The molecule has 2 rings (SSSR count). The lowest BCUT2D eigenvalue weighted by atomic mass is 9.97. The first-order valence-corrected chi connectivity index (χ1v) is 8.22. The van der Waals surface area contributed by atoms with Crippen molar-refractivity contribution < 1.29 is 13.5 Å². The van der Waals surface area contributed by atoms with Gasteiger partial charge in [-0.05, 0) is 38.8 Å². The highest BCUT2D eigenvalue weighted by molar-refractivity contribution is 7.89. The Labute approximate surface area is 119 Å². The summed E-state index contributed by atoms with van der Waals surface area (Å²) in [7, 11) is -3.64. The Kier molecular flexibility index (Phi) is 4.31. The molecule has 1 unspecified atom stereocenters. The Morgan fingerprint density at radius 2 is 2.30 bits per heavy atom. The number of sulfonamides is 1. The summed E-state index contributed by atoms with van der Waals surface area (Å²) in [5.74, 6) is 0.361. The van der Waals surface area contributed by atoms with Gasteiger partial charge in [0.2, 0.25) is 10.0 Å². The Bertz CT molecular complexity index is 572. The van der Waals surface area contributed by atoms with Gasteiger partial charge in [-0.3, -0.25) is 0 Å². The van der Waals surface area contributed by atoms with E-state index in [2.05, 4.69) is 10.3 Å². The van der Waals surface area contributed by atoms with Gasteiger partial charge in [0.25, 0.3) is 0 Å². The largest absolute Gasteiger partial charge is 0.389 e. The molecule has 1 atom stereocenters. The van der Waals surface area contributed by atoms with E-state index in [0.29, 0.717) is 31.7 Å². The van der Waals surface area contributed by atoms with Gasteiger partial charge in [-0.15, -0.1) is 0 Å². The number of hydrogen-bond donors (Lipinski definition) is 2. The molecule has 0 saturated carbocycles. The maximum absolute atomic E-state index is 12.7. The number of nitrogens with zero attached hydrogens (tertiary/aromatic N) is 2. The topological polar surface area (TPSA) is 82.5 Å². The van der Waals surface area contributed by atoms with Crippen LogP contribution < -0.4 is 5.32 Å². The third-order valence-electron chi connectivity index (χ3n) is 3.37. The third kappa shape index (κ3) is 3.11. The molecule has 0 aliphatic carbocycles. The van der Waals surface area contributed by atoms with Crippen molar-refractivity contribution in [1.82, 2.24) is 9.29 Å². The molecular formula is C13H21N3O3S. The number of nitrogens with one attached hydrogen (secondary N) is 1. The van der Waals surface area contributed by atoms with Crippen LogP contribution in [0.5, 0.6) is 0 Å². The molecule has 2 heterocycles. The van der Waals surface area contributed by atoms with Crippen molar-refractivity contribution in [1.29, 1.82) is 0 Å². The first kappa shape index (κ1) is 15.2. The second-order valence-corrected chi connectivity index (χ2v) is 7.23. The van der Waals surface area contributed by atoms with Crippen molar-refractivity contribution in [2.45, 2.75) is 37.2 Å². The lowest BCUT2D eigenvalue weighted by Gasteiger charge is -2.36. The Hall–Kier alpha value is -1.18. The van der Waals surface area contributed by atoms with E-state index in [1.165, 1.54) is 4.31 Å². The molecular weight excluding hydrogens is 278 g/mol. The molecule has 0 spiro atoms. The smallest absolute Gasteiger partial charge is 0.246 e. The second kappa shape index (κ2) is 5.67. The van der Waals surface area contributed by atoms with Gasteiger partial charge in [0.15, 0.2) is 0 Å². The zero-order valence-corrected chi connectivity index (χ0v) is 12.7. The minimum Gasteiger partial charge on any atom is -0.389 e. The van der Waals surface area contributed by atoms with Crippen LogP contribution in [-0.4, -0.2) is 48.0 Å². The molecule has 1 aliphatic rings. The fraction of sp³-hybridized carbons (Fsp3) is 0.615. The van der Waals surface area contributed by atoms with Crippen LogP contribution in [0.25, 0.3) is 0 Å². The Morgan fingerprint density at radius 3 is 2.95 bits per heavy atom. The zero-order valence-electron chi connectivity index (χ0n) is 11.8. The van der Waals surface area contributed by atoms with Crippen LogP contribution in [0.2, 0.25) is 0 Å². The van der Waals surface area contributed by atoms with Gasteiger partial charge in [-0.1, -0.05) is 0 Å². The summed E-state index contributed by atoms with van der Waals surface area (Å²) < 4.78 is 26.8. The van der Waals surface area contributed by atoms with Crippen LogP contribution in [0, 0.1) is 0 Å². The van der Waals surface area contributed by atoms with Gasteiger partial charge in [-0.2, -0.15) is 4.31 Å². The molecule has 0 aromatic carbocycles. The van der Waals surface area contributed by atoms with Crippen molar-refractivity contribution in [3.05, 3.63) is 18.3 Å². The number of hydrogen-bond acceptors (Lipinski definition) is 5. The summed E-state index contributed by atoms with van der Waals surface area (Å²) in [5, 5.41) is 13.1. The molecule has 1 aromatic rings. The van der Waals surface area contributed by atoms with Gasteiger partial charge < -0.3 is 10.4 Å². The lowest BCUT2D eigenvalue weighted by Crippen LogP contribution is -2.48. The first-order valence-electron chi connectivity index (χ1n) is 6.78. The number of aliphatic hydroxyl groups is 1. The van der Waals surface area contributed by atoms with Gasteiger partial charge in [0.1, 0.15) is 10.7 Å². The molecule has 1 aromatic heterocycles. The molecule has 2 N–H and O–H groups in total. The number of anilines is 1. The van der Waals surface area contributed by atoms with E-state index in [1.807, 2.05) is 6.92 Å². The molecule has 20 heavy (non-hydrogen) atoms. The summed E-state index contributed by atoms with van der Waals surface area (Å²) >= 11 is 0.